The van der Waals surface area contributed by atoms with Crippen molar-refractivity contribution in [2.45, 2.75) is 19.9 Å². The summed E-state index contributed by atoms with van der Waals surface area (Å²) >= 11 is 0. The van der Waals surface area contributed by atoms with Gasteiger partial charge in [-0.25, -0.2) is 13.2 Å². The smallest absolute Gasteiger partial charge is 0.254 e. The summed E-state index contributed by atoms with van der Waals surface area (Å²) in [5, 5.41) is 2.70. The van der Waals surface area contributed by atoms with Crippen molar-refractivity contribution in [2.24, 2.45) is 5.92 Å². The predicted octanol–water partition coefficient (Wildman–Crippen LogP) is 4.23. The lowest BCUT2D eigenvalue weighted by Crippen LogP contribution is -2.32. The van der Waals surface area contributed by atoms with Crippen LogP contribution in [0.15, 0.2) is 42.5 Å². The Morgan fingerprint density at radius 3 is 2.09 bits per heavy atom. The molecule has 22 heavy (non-hydrogen) atoms. The summed E-state index contributed by atoms with van der Waals surface area (Å²) in [6, 6.07) is 8.13. The number of hydrogen-bond donors (Lipinski definition) is 1. The van der Waals surface area contributed by atoms with Crippen LogP contribution in [-0.4, -0.2) is 5.91 Å². The molecule has 0 saturated heterocycles. The first-order valence-corrected chi connectivity index (χ1v) is 6.90. The van der Waals surface area contributed by atoms with Gasteiger partial charge in [-0.2, -0.15) is 0 Å². The molecule has 1 atom stereocenters. The first-order valence-electron chi connectivity index (χ1n) is 6.90. The number of halogens is 3. The molecule has 0 aliphatic heterocycles. The number of carbonyl (C=O) groups is 1. The standard InChI is InChI=1S/C17H16F3NO/c1-10(2)16(11-3-5-12(18)6-4-11)21-17(22)14-8-7-13(19)9-15(14)20/h3-10,16H,1-2H3,(H,21,22)/t16-/m0/s1. The Hall–Kier alpha value is -2.30. The highest BCUT2D eigenvalue weighted by atomic mass is 19.1. The quantitative estimate of drug-likeness (QED) is 0.900. The first-order chi connectivity index (χ1) is 10.4. The van der Waals surface area contributed by atoms with Gasteiger partial charge in [0.2, 0.25) is 0 Å². The van der Waals surface area contributed by atoms with Crippen molar-refractivity contribution in [3.8, 4) is 0 Å². The Morgan fingerprint density at radius 1 is 0.955 bits per heavy atom. The molecule has 0 fully saturated rings. The molecule has 0 saturated carbocycles. The highest BCUT2D eigenvalue weighted by Crippen LogP contribution is 2.23. The van der Waals surface area contributed by atoms with Crippen molar-refractivity contribution >= 4 is 5.91 Å². The third-order valence-electron chi connectivity index (χ3n) is 3.36. The lowest BCUT2D eigenvalue weighted by Gasteiger charge is -2.23. The van der Waals surface area contributed by atoms with E-state index in [9.17, 15) is 18.0 Å². The van der Waals surface area contributed by atoms with Crippen LogP contribution in [0.4, 0.5) is 13.2 Å². The molecule has 0 aliphatic rings. The van der Waals surface area contributed by atoms with Crippen molar-refractivity contribution in [2.75, 3.05) is 0 Å². The minimum Gasteiger partial charge on any atom is -0.345 e. The van der Waals surface area contributed by atoms with Crippen molar-refractivity contribution in [3.05, 3.63) is 71.0 Å². The fourth-order valence-corrected chi connectivity index (χ4v) is 2.20. The Labute approximate surface area is 127 Å². The van der Waals surface area contributed by atoms with Gasteiger partial charge in [-0.3, -0.25) is 4.79 Å². The summed E-state index contributed by atoms with van der Waals surface area (Å²) in [6.45, 7) is 3.77. The number of carbonyl (C=O) groups excluding carboxylic acids is 1. The first kappa shape index (κ1) is 16.1. The predicted molar refractivity (Wildman–Crippen MR) is 77.8 cm³/mol. The topological polar surface area (TPSA) is 29.1 Å². The molecule has 0 radical (unpaired) electrons. The normalized spacial score (nSPS) is 12.3. The van der Waals surface area contributed by atoms with E-state index in [1.165, 1.54) is 12.1 Å². The number of benzene rings is 2. The highest BCUT2D eigenvalue weighted by molar-refractivity contribution is 5.94. The van der Waals surface area contributed by atoms with E-state index in [1.807, 2.05) is 13.8 Å². The molecular formula is C17H16F3NO. The van der Waals surface area contributed by atoms with Gasteiger partial charge in [0, 0.05) is 6.07 Å². The molecule has 1 amide bonds. The minimum absolute atomic E-state index is 0.0120. The molecule has 0 aromatic heterocycles. The van der Waals surface area contributed by atoms with Gasteiger partial charge in [0.05, 0.1) is 11.6 Å². The molecule has 5 heteroatoms. The molecule has 0 aliphatic carbocycles. The Morgan fingerprint density at radius 2 is 1.55 bits per heavy atom. The summed E-state index contributed by atoms with van der Waals surface area (Å²) in [4.78, 5) is 12.2. The van der Waals surface area contributed by atoms with E-state index in [2.05, 4.69) is 5.32 Å². The van der Waals surface area contributed by atoms with Crippen LogP contribution < -0.4 is 5.32 Å². The molecule has 2 nitrogen and oxygen atoms in total. The second-order valence-corrected chi connectivity index (χ2v) is 5.37. The van der Waals surface area contributed by atoms with Crippen LogP contribution in [0.3, 0.4) is 0 Å². The maximum atomic E-state index is 13.7. The lowest BCUT2D eigenvalue weighted by atomic mass is 9.95. The van der Waals surface area contributed by atoms with Crippen LogP contribution in [0, 0.1) is 23.4 Å². The van der Waals surface area contributed by atoms with Crippen LogP contribution in [0.1, 0.15) is 35.8 Å². The maximum Gasteiger partial charge on any atom is 0.254 e. The third-order valence-corrected chi connectivity index (χ3v) is 3.36. The SMILES string of the molecule is CC(C)[C@H](NC(=O)c1ccc(F)cc1F)c1ccc(F)cc1. The summed E-state index contributed by atoms with van der Waals surface area (Å²) in [5.74, 6) is -2.66. The van der Waals surface area contributed by atoms with E-state index in [0.29, 0.717) is 11.6 Å². The van der Waals surface area contributed by atoms with E-state index in [-0.39, 0.29) is 17.3 Å². The Bertz CT molecular complexity index is 668. The van der Waals surface area contributed by atoms with Crippen LogP contribution in [-0.2, 0) is 0 Å². The van der Waals surface area contributed by atoms with Crippen molar-refractivity contribution < 1.29 is 18.0 Å². The number of hydrogen-bond acceptors (Lipinski definition) is 1. The summed E-state index contributed by atoms with van der Waals surface area (Å²) in [5.41, 5.74) is 0.487. The Balaban J connectivity index is 2.24. The third kappa shape index (κ3) is 3.67. The average molecular weight is 307 g/mol. The second-order valence-electron chi connectivity index (χ2n) is 5.37. The van der Waals surface area contributed by atoms with Gasteiger partial charge in [-0.05, 0) is 35.7 Å². The van der Waals surface area contributed by atoms with Crippen molar-refractivity contribution in [3.63, 3.8) is 0 Å². The van der Waals surface area contributed by atoms with Crippen LogP contribution in [0.5, 0.6) is 0 Å². The second kappa shape index (κ2) is 6.64. The number of amides is 1. The van der Waals surface area contributed by atoms with E-state index >= 15 is 0 Å². The summed E-state index contributed by atoms with van der Waals surface area (Å²) in [7, 11) is 0. The number of nitrogens with one attached hydrogen (secondary N) is 1. The summed E-state index contributed by atoms with van der Waals surface area (Å²) < 4.78 is 39.6. The van der Waals surface area contributed by atoms with Gasteiger partial charge in [0.15, 0.2) is 0 Å². The van der Waals surface area contributed by atoms with Crippen molar-refractivity contribution in [1.29, 1.82) is 0 Å². The molecule has 0 unspecified atom stereocenters. The molecule has 2 rings (SSSR count). The van der Waals surface area contributed by atoms with Gasteiger partial charge in [-0.15, -0.1) is 0 Å². The maximum absolute atomic E-state index is 13.7. The minimum atomic E-state index is -0.917. The molecule has 116 valence electrons. The largest absolute Gasteiger partial charge is 0.345 e. The molecule has 2 aromatic carbocycles. The van der Waals surface area contributed by atoms with Gasteiger partial charge in [0.1, 0.15) is 17.5 Å². The van der Waals surface area contributed by atoms with E-state index in [1.54, 1.807) is 12.1 Å². The summed E-state index contributed by atoms with van der Waals surface area (Å²) in [6.07, 6.45) is 0. The average Bonchev–Trinajstić information content (AvgIpc) is 2.45. The Kier molecular flexibility index (Phi) is 4.85. The zero-order chi connectivity index (χ0) is 16.3. The zero-order valence-corrected chi connectivity index (χ0v) is 12.2. The number of rotatable bonds is 4. The van der Waals surface area contributed by atoms with E-state index in [0.717, 1.165) is 12.1 Å². The zero-order valence-electron chi connectivity index (χ0n) is 12.2. The van der Waals surface area contributed by atoms with E-state index < -0.39 is 23.6 Å². The van der Waals surface area contributed by atoms with Gasteiger partial charge in [0.25, 0.3) is 5.91 Å². The fraction of sp³-hybridized carbons (Fsp3) is 0.235. The van der Waals surface area contributed by atoms with Crippen LogP contribution in [0.2, 0.25) is 0 Å². The monoisotopic (exact) mass is 307 g/mol. The molecule has 2 aromatic rings. The highest BCUT2D eigenvalue weighted by Gasteiger charge is 2.21. The molecule has 0 spiro atoms. The van der Waals surface area contributed by atoms with Crippen LogP contribution in [0.25, 0.3) is 0 Å². The van der Waals surface area contributed by atoms with Crippen LogP contribution >= 0.6 is 0 Å². The fourth-order valence-electron chi connectivity index (χ4n) is 2.20. The lowest BCUT2D eigenvalue weighted by molar-refractivity contribution is 0.0921. The molecular weight excluding hydrogens is 291 g/mol. The van der Waals surface area contributed by atoms with E-state index in [4.69, 9.17) is 0 Å². The molecule has 0 bridgehead atoms. The van der Waals surface area contributed by atoms with Gasteiger partial charge >= 0.3 is 0 Å². The molecule has 1 N–H and O–H groups in total. The van der Waals surface area contributed by atoms with Crippen molar-refractivity contribution in [1.82, 2.24) is 5.32 Å². The van der Waals surface area contributed by atoms with Gasteiger partial charge in [-0.1, -0.05) is 26.0 Å². The van der Waals surface area contributed by atoms with Gasteiger partial charge < -0.3 is 5.32 Å². The molecule has 0 heterocycles.